The summed E-state index contributed by atoms with van der Waals surface area (Å²) in [6.07, 6.45) is 7.36. The second kappa shape index (κ2) is 6.90. The van der Waals surface area contributed by atoms with Gasteiger partial charge in [0.15, 0.2) is 0 Å². The third-order valence-electron chi connectivity index (χ3n) is 4.10. The highest BCUT2D eigenvalue weighted by Gasteiger charge is 2.20. The highest BCUT2D eigenvalue weighted by atomic mass is 19.1. The largest absolute Gasteiger partial charge is 0.497 e. The standard InChI is InChI=1S/C16H23FO2/c1-19-13-8-9-14(15(17)11-13)16(18)10-12-6-4-2-3-5-7-12/h8-9,11-12,16,18H,2-7,10H2,1H3. The Kier molecular flexibility index (Phi) is 5.20. The lowest BCUT2D eigenvalue weighted by atomic mass is 9.91. The summed E-state index contributed by atoms with van der Waals surface area (Å²) in [5, 5.41) is 10.2. The zero-order chi connectivity index (χ0) is 13.7. The van der Waals surface area contributed by atoms with Gasteiger partial charge in [-0.2, -0.15) is 0 Å². The fourth-order valence-corrected chi connectivity index (χ4v) is 2.95. The Morgan fingerprint density at radius 2 is 1.95 bits per heavy atom. The van der Waals surface area contributed by atoms with E-state index < -0.39 is 6.10 Å². The van der Waals surface area contributed by atoms with Gasteiger partial charge in [0.2, 0.25) is 0 Å². The van der Waals surface area contributed by atoms with Gasteiger partial charge in [0, 0.05) is 11.6 Å². The summed E-state index contributed by atoms with van der Waals surface area (Å²) in [4.78, 5) is 0. The van der Waals surface area contributed by atoms with Crippen LogP contribution in [0.4, 0.5) is 4.39 Å². The summed E-state index contributed by atoms with van der Waals surface area (Å²) in [6.45, 7) is 0. The molecular weight excluding hydrogens is 243 g/mol. The van der Waals surface area contributed by atoms with Crippen molar-refractivity contribution in [3.05, 3.63) is 29.6 Å². The molecule has 1 aliphatic rings. The summed E-state index contributed by atoms with van der Waals surface area (Å²) in [6, 6.07) is 4.68. The zero-order valence-corrected chi connectivity index (χ0v) is 11.6. The highest BCUT2D eigenvalue weighted by molar-refractivity contribution is 5.30. The van der Waals surface area contributed by atoms with E-state index in [0.29, 0.717) is 23.7 Å². The minimum Gasteiger partial charge on any atom is -0.497 e. The van der Waals surface area contributed by atoms with E-state index in [2.05, 4.69) is 0 Å². The van der Waals surface area contributed by atoms with Gasteiger partial charge in [-0.25, -0.2) is 4.39 Å². The molecule has 1 aromatic rings. The zero-order valence-electron chi connectivity index (χ0n) is 11.6. The topological polar surface area (TPSA) is 29.5 Å². The predicted octanol–water partition coefficient (Wildman–Crippen LogP) is 4.23. The predicted molar refractivity (Wildman–Crippen MR) is 73.7 cm³/mol. The lowest BCUT2D eigenvalue weighted by molar-refractivity contribution is 0.135. The van der Waals surface area contributed by atoms with Crippen LogP contribution in [0, 0.1) is 11.7 Å². The molecule has 0 spiro atoms. The van der Waals surface area contributed by atoms with Crippen LogP contribution in [0.1, 0.15) is 56.6 Å². The average molecular weight is 266 g/mol. The van der Waals surface area contributed by atoms with E-state index in [4.69, 9.17) is 4.74 Å². The summed E-state index contributed by atoms with van der Waals surface area (Å²) in [5.74, 6) is 0.641. The third-order valence-corrected chi connectivity index (χ3v) is 4.10. The molecule has 1 aliphatic carbocycles. The van der Waals surface area contributed by atoms with Crippen LogP contribution < -0.4 is 4.74 Å². The van der Waals surface area contributed by atoms with Gasteiger partial charge in [-0.15, -0.1) is 0 Å². The maximum absolute atomic E-state index is 13.9. The van der Waals surface area contributed by atoms with Gasteiger partial charge in [0.05, 0.1) is 13.2 Å². The van der Waals surface area contributed by atoms with Crippen molar-refractivity contribution in [1.29, 1.82) is 0 Å². The van der Waals surface area contributed by atoms with Crippen molar-refractivity contribution >= 4 is 0 Å². The van der Waals surface area contributed by atoms with Crippen molar-refractivity contribution < 1.29 is 14.2 Å². The van der Waals surface area contributed by atoms with Gasteiger partial charge in [0.1, 0.15) is 11.6 Å². The van der Waals surface area contributed by atoms with E-state index in [0.717, 1.165) is 12.8 Å². The molecule has 1 N–H and O–H groups in total. The highest BCUT2D eigenvalue weighted by Crippen LogP contribution is 2.32. The number of benzene rings is 1. The van der Waals surface area contributed by atoms with E-state index in [1.807, 2.05) is 0 Å². The number of halogens is 1. The molecule has 2 rings (SSSR count). The van der Waals surface area contributed by atoms with Gasteiger partial charge < -0.3 is 9.84 Å². The Balaban J connectivity index is 2.00. The third kappa shape index (κ3) is 3.93. The summed E-state index contributed by atoms with van der Waals surface area (Å²) < 4.78 is 18.9. The second-order valence-corrected chi connectivity index (χ2v) is 5.50. The number of aliphatic hydroxyl groups is 1. The SMILES string of the molecule is COc1ccc(C(O)CC2CCCCCC2)c(F)c1. The van der Waals surface area contributed by atoms with Gasteiger partial charge >= 0.3 is 0 Å². The van der Waals surface area contributed by atoms with Crippen LogP contribution in [-0.4, -0.2) is 12.2 Å². The Bertz CT molecular complexity index is 398. The molecule has 19 heavy (non-hydrogen) atoms. The maximum Gasteiger partial charge on any atom is 0.132 e. The molecule has 0 amide bonds. The first-order valence-corrected chi connectivity index (χ1v) is 7.22. The summed E-state index contributed by atoms with van der Waals surface area (Å²) >= 11 is 0. The molecule has 0 heterocycles. The molecule has 0 saturated heterocycles. The molecule has 1 aromatic carbocycles. The van der Waals surface area contributed by atoms with E-state index in [9.17, 15) is 9.50 Å². The number of ether oxygens (including phenoxy) is 1. The first-order valence-electron chi connectivity index (χ1n) is 7.22. The average Bonchev–Trinajstić information content (AvgIpc) is 2.67. The van der Waals surface area contributed by atoms with Crippen molar-refractivity contribution in [3.63, 3.8) is 0 Å². The van der Waals surface area contributed by atoms with E-state index >= 15 is 0 Å². The Hall–Kier alpha value is -1.09. The molecule has 0 bridgehead atoms. The lowest BCUT2D eigenvalue weighted by Gasteiger charge is -2.19. The van der Waals surface area contributed by atoms with Crippen LogP contribution in [-0.2, 0) is 0 Å². The van der Waals surface area contributed by atoms with Crippen molar-refractivity contribution in [2.24, 2.45) is 5.92 Å². The van der Waals surface area contributed by atoms with Gasteiger partial charge in [0.25, 0.3) is 0 Å². The van der Waals surface area contributed by atoms with Crippen LogP contribution in [0.2, 0.25) is 0 Å². The van der Waals surface area contributed by atoms with Crippen molar-refractivity contribution in [1.82, 2.24) is 0 Å². The Morgan fingerprint density at radius 3 is 2.53 bits per heavy atom. The monoisotopic (exact) mass is 266 g/mol. The molecule has 0 aliphatic heterocycles. The van der Waals surface area contributed by atoms with Crippen LogP contribution in [0.3, 0.4) is 0 Å². The smallest absolute Gasteiger partial charge is 0.132 e. The first-order chi connectivity index (χ1) is 9.20. The molecule has 0 radical (unpaired) electrons. The van der Waals surface area contributed by atoms with Crippen LogP contribution in [0.5, 0.6) is 5.75 Å². The Morgan fingerprint density at radius 1 is 1.26 bits per heavy atom. The Labute approximate surface area is 114 Å². The van der Waals surface area contributed by atoms with Crippen LogP contribution >= 0.6 is 0 Å². The van der Waals surface area contributed by atoms with Crippen LogP contribution in [0.25, 0.3) is 0 Å². The molecule has 1 unspecified atom stereocenters. The normalized spacial score (nSPS) is 18.9. The number of methoxy groups -OCH3 is 1. The van der Waals surface area contributed by atoms with Gasteiger partial charge in [-0.05, 0) is 24.5 Å². The van der Waals surface area contributed by atoms with Gasteiger partial charge in [-0.3, -0.25) is 0 Å². The number of rotatable bonds is 4. The van der Waals surface area contributed by atoms with Crippen molar-refractivity contribution in [2.45, 2.75) is 51.0 Å². The number of aliphatic hydroxyl groups excluding tert-OH is 1. The van der Waals surface area contributed by atoms with E-state index in [-0.39, 0.29) is 5.82 Å². The van der Waals surface area contributed by atoms with Crippen molar-refractivity contribution in [3.8, 4) is 5.75 Å². The summed E-state index contributed by atoms with van der Waals surface area (Å²) in [7, 11) is 1.51. The quantitative estimate of drug-likeness (QED) is 0.826. The molecule has 0 aromatic heterocycles. The first kappa shape index (κ1) is 14.3. The fraction of sp³-hybridized carbons (Fsp3) is 0.625. The molecule has 106 valence electrons. The van der Waals surface area contributed by atoms with Gasteiger partial charge in [-0.1, -0.05) is 38.5 Å². The van der Waals surface area contributed by atoms with E-state index in [1.54, 1.807) is 12.1 Å². The molecular formula is C16H23FO2. The second-order valence-electron chi connectivity index (χ2n) is 5.50. The number of hydrogen-bond donors (Lipinski definition) is 1. The number of hydrogen-bond acceptors (Lipinski definition) is 2. The van der Waals surface area contributed by atoms with E-state index in [1.165, 1.54) is 38.9 Å². The van der Waals surface area contributed by atoms with Crippen molar-refractivity contribution in [2.75, 3.05) is 7.11 Å². The minimum absolute atomic E-state index is 0.375. The van der Waals surface area contributed by atoms with Crippen LogP contribution in [0.15, 0.2) is 18.2 Å². The molecule has 2 nitrogen and oxygen atoms in total. The molecule has 1 atom stereocenters. The lowest BCUT2D eigenvalue weighted by Crippen LogP contribution is -2.08. The fourth-order valence-electron chi connectivity index (χ4n) is 2.95. The maximum atomic E-state index is 13.9. The molecule has 1 saturated carbocycles. The molecule has 3 heteroatoms. The molecule has 1 fully saturated rings. The minimum atomic E-state index is -0.700. The summed E-state index contributed by atoms with van der Waals surface area (Å²) in [5.41, 5.74) is 0.394.